The monoisotopic (exact) mass is 304 g/mol. The summed E-state index contributed by atoms with van der Waals surface area (Å²) in [5.41, 5.74) is 7.50. The number of hydrogen-bond acceptors (Lipinski definition) is 7. The molecule has 2 heterocycles. The normalized spacial score (nSPS) is 15.9. The molecular weight excluding hydrogens is 284 g/mol. The average Bonchev–Trinajstić information content (AvgIpc) is 3.05. The van der Waals surface area contributed by atoms with Gasteiger partial charge < -0.3 is 19.7 Å². The fourth-order valence-electron chi connectivity index (χ4n) is 2.50. The van der Waals surface area contributed by atoms with E-state index < -0.39 is 0 Å². The Hall–Kier alpha value is -1.96. The molecule has 0 aliphatic carbocycles. The molecule has 2 aromatic rings. The zero-order chi connectivity index (χ0) is 15.4. The molecule has 7 nitrogen and oxygen atoms in total. The van der Waals surface area contributed by atoms with Crippen LogP contribution >= 0.6 is 0 Å². The fraction of sp³-hybridized carbons (Fsp3) is 0.467. The summed E-state index contributed by atoms with van der Waals surface area (Å²) in [7, 11) is 1.68. The number of benzene rings is 1. The Morgan fingerprint density at radius 2 is 2.14 bits per heavy atom. The van der Waals surface area contributed by atoms with Crippen molar-refractivity contribution in [2.45, 2.75) is 13.1 Å². The van der Waals surface area contributed by atoms with Gasteiger partial charge in [0.05, 0.1) is 26.9 Å². The topological polar surface area (TPSA) is 86.6 Å². The molecule has 1 fully saturated rings. The van der Waals surface area contributed by atoms with E-state index in [1.54, 1.807) is 7.11 Å². The van der Waals surface area contributed by atoms with Crippen LogP contribution in [0.1, 0.15) is 11.5 Å². The van der Waals surface area contributed by atoms with E-state index in [4.69, 9.17) is 19.7 Å². The van der Waals surface area contributed by atoms with Crippen LogP contribution in [-0.4, -0.2) is 48.5 Å². The Morgan fingerprint density at radius 3 is 2.82 bits per heavy atom. The first-order chi connectivity index (χ1) is 10.8. The van der Waals surface area contributed by atoms with Crippen LogP contribution in [0.15, 0.2) is 22.7 Å². The molecule has 1 aromatic heterocycles. The Labute approximate surface area is 129 Å². The fourth-order valence-corrected chi connectivity index (χ4v) is 2.50. The van der Waals surface area contributed by atoms with E-state index >= 15 is 0 Å². The van der Waals surface area contributed by atoms with Gasteiger partial charge in [-0.05, 0) is 18.2 Å². The molecule has 22 heavy (non-hydrogen) atoms. The molecule has 1 aliphatic rings. The summed E-state index contributed by atoms with van der Waals surface area (Å²) in [5, 5.41) is 3.96. The number of rotatable bonds is 5. The van der Waals surface area contributed by atoms with Crippen molar-refractivity contribution in [1.82, 2.24) is 15.0 Å². The molecule has 0 bridgehead atoms. The Kier molecular flexibility index (Phi) is 4.67. The summed E-state index contributed by atoms with van der Waals surface area (Å²) in [6.45, 7) is 4.44. The van der Waals surface area contributed by atoms with Gasteiger partial charge in [-0.2, -0.15) is 4.98 Å². The molecule has 0 atom stereocenters. The van der Waals surface area contributed by atoms with Crippen LogP contribution in [0.25, 0.3) is 11.4 Å². The lowest BCUT2D eigenvalue weighted by atomic mass is 10.1. The molecule has 0 amide bonds. The van der Waals surface area contributed by atoms with Crippen LogP contribution in [0.4, 0.5) is 0 Å². The van der Waals surface area contributed by atoms with E-state index in [9.17, 15) is 0 Å². The summed E-state index contributed by atoms with van der Waals surface area (Å²) in [6, 6.07) is 5.90. The third-order valence-electron chi connectivity index (χ3n) is 3.68. The van der Waals surface area contributed by atoms with Gasteiger partial charge >= 0.3 is 0 Å². The van der Waals surface area contributed by atoms with Crippen molar-refractivity contribution in [1.29, 1.82) is 0 Å². The minimum atomic E-state index is 0.240. The Bertz CT molecular complexity index is 623. The zero-order valence-corrected chi connectivity index (χ0v) is 12.6. The number of nitrogens with two attached hydrogens (primary N) is 1. The largest absolute Gasteiger partial charge is 0.496 e. The highest BCUT2D eigenvalue weighted by molar-refractivity contribution is 5.58. The lowest BCUT2D eigenvalue weighted by Gasteiger charge is -2.27. The van der Waals surface area contributed by atoms with Gasteiger partial charge in [0.1, 0.15) is 5.75 Å². The summed E-state index contributed by atoms with van der Waals surface area (Å²) in [6.07, 6.45) is 0. The average molecular weight is 304 g/mol. The lowest BCUT2D eigenvalue weighted by Crippen LogP contribution is -2.35. The van der Waals surface area contributed by atoms with Crippen molar-refractivity contribution >= 4 is 0 Å². The molecule has 0 radical (unpaired) electrons. The minimum Gasteiger partial charge on any atom is -0.496 e. The van der Waals surface area contributed by atoms with Gasteiger partial charge in [-0.25, -0.2) is 0 Å². The maximum atomic E-state index is 5.51. The molecule has 1 saturated heterocycles. The highest BCUT2D eigenvalue weighted by Crippen LogP contribution is 2.26. The molecule has 1 aliphatic heterocycles. The van der Waals surface area contributed by atoms with Gasteiger partial charge in [-0.3, -0.25) is 4.90 Å². The number of nitrogens with zero attached hydrogens (tertiary/aromatic N) is 3. The van der Waals surface area contributed by atoms with Crippen LogP contribution in [0.2, 0.25) is 0 Å². The predicted molar refractivity (Wildman–Crippen MR) is 80.3 cm³/mol. The summed E-state index contributed by atoms with van der Waals surface area (Å²) in [5.74, 6) is 1.84. The van der Waals surface area contributed by atoms with Gasteiger partial charge in [0.2, 0.25) is 11.7 Å². The van der Waals surface area contributed by atoms with Crippen LogP contribution in [0, 0.1) is 0 Å². The van der Waals surface area contributed by atoms with Gasteiger partial charge in [-0.15, -0.1) is 0 Å². The van der Waals surface area contributed by atoms with Crippen molar-refractivity contribution in [3.63, 3.8) is 0 Å². The van der Waals surface area contributed by atoms with Crippen LogP contribution in [0.5, 0.6) is 5.75 Å². The number of methoxy groups -OCH3 is 1. The lowest BCUT2D eigenvalue weighted by molar-refractivity contribution is 0.0339. The summed E-state index contributed by atoms with van der Waals surface area (Å²) in [4.78, 5) is 6.61. The van der Waals surface area contributed by atoms with Gasteiger partial charge in [0.25, 0.3) is 0 Å². The van der Waals surface area contributed by atoms with E-state index in [1.807, 2.05) is 18.2 Å². The first-order valence-electron chi connectivity index (χ1n) is 7.30. The minimum absolute atomic E-state index is 0.240. The van der Waals surface area contributed by atoms with Crippen molar-refractivity contribution in [2.75, 3.05) is 33.4 Å². The van der Waals surface area contributed by atoms with Crippen molar-refractivity contribution in [2.24, 2.45) is 5.73 Å². The summed E-state index contributed by atoms with van der Waals surface area (Å²) >= 11 is 0. The molecule has 0 unspecified atom stereocenters. The second-order valence-electron chi connectivity index (χ2n) is 5.13. The SMILES string of the molecule is COc1ccc(-c2noc(CN)n2)cc1CN1CCOCC1. The van der Waals surface area contributed by atoms with Crippen LogP contribution in [0.3, 0.4) is 0 Å². The molecular formula is C15H20N4O3. The molecule has 3 rings (SSSR count). The van der Waals surface area contributed by atoms with Crippen molar-refractivity contribution in [3.05, 3.63) is 29.7 Å². The molecule has 7 heteroatoms. The standard InChI is InChI=1S/C15H20N4O3/c1-20-13-3-2-11(15-17-14(9-16)22-18-15)8-12(13)10-19-4-6-21-7-5-19/h2-3,8H,4-7,9-10,16H2,1H3. The Morgan fingerprint density at radius 1 is 1.32 bits per heavy atom. The predicted octanol–water partition coefficient (Wildman–Crippen LogP) is 1.04. The molecule has 2 N–H and O–H groups in total. The van der Waals surface area contributed by atoms with Crippen LogP contribution in [-0.2, 0) is 17.8 Å². The van der Waals surface area contributed by atoms with E-state index in [0.717, 1.165) is 49.7 Å². The molecule has 0 saturated carbocycles. The smallest absolute Gasteiger partial charge is 0.240 e. The number of ether oxygens (including phenoxy) is 2. The number of hydrogen-bond donors (Lipinski definition) is 1. The molecule has 0 spiro atoms. The maximum absolute atomic E-state index is 5.51. The van der Waals surface area contributed by atoms with Gasteiger partial charge in [-0.1, -0.05) is 5.16 Å². The number of aromatic nitrogens is 2. The highest BCUT2D eigenvalue weighted by Gasteiger charge is 2.15. The first-order valence-corrected chi connectivity index (χ1v) is 7.30. The molecule has 1 aromatic carbocycles. The second-order valence-corrected chi connectivity index (χ2v) is 5.13. The van der Waals surface area contributed by atoms with E-state index in [0.29, 0.717) is 11.7 Å². The summed E-state index contributed by atoms with van der Waals surface area (Å²) < 4.78 is 15.9. The van der Waals surface area contributed by atoms with Crippen molar-refractivity contribution < 1.29 is 14.0 Å². The van der Waals surface area contributed by atoms with E-state index in [-0.39, 0.29) is 6.54 Å². The maximum Gasteiger partial charge on any atom is 0.240 e. The van der Waals surface area contributed by atoms with E-state index in [2.05, 4.69) is 15.0 Å². The zero-order valence-electron chi connectivity index (χ0n) is 12.6. The second kappa shape index (κ2) is 6.87. The van der Waals surface area contributed by atoms with Gasteiger partial charge in [0.15, 0.2) is 0 Å². The molecule has 118 valence electrons. The highest BCUT2D eigenvalue weighted by atomic mass is 16.5. The number of morpholine rings is 1. The van der Waals surface area contributed by atoms with Crippen LogP contribution < -0.4 is 10.5 Å². The third-order valence-corrected chi connectivity index (χ3v) is 3.68. The van der Waals surface area contributed by atoms with Gasteiger partial charge in [0, 0.05) is 30.8 Å². The quantitative estimate of drug-likeness (QED) is 0.883. The Balaban J connectivity index is 1.84. The third kappa shape index (κ3) is 3.27. The van der Waals surface area contributed by atoms with E-state index in [1.165, 1.54) is 0 Å². The van der Waals surface area contributed by atoms with Crippen molar-refractivity contribution in [3.8, 4) is 17.1 Å². The first kappa shape index (κ1) is 15.0.